The van der Waals surface area contributed by atoms with E-state index in [2.05, 4.69) is 10.5 Å². The van der Waals surface area contributed by atoms with E-state index in [0.29, 0.717) is 44.4 Å². The van der Waals surface area contributed by atoms with Crippen molar-refractivity contribution in [3.8, 4) is 22.6 Å². The molecule has 0 spiro atoms. The second-order valence-corrected chi connectivity index (χ2v) is 8.43. The zero-order valence-corrected chi connectivity index (χ0v) is 20.4. The Kier molecular flexibility index (Phi) is 6.78. The monoisotopic (exact) mass is 509 g/mol. The minimum atomic E-state index is -0.479. The molecule has 7 nitrogen and oxygen atoms in total. The molecule has 5 rings (SSSR count). The number of furan rings is 1. The Labute approximate surface area is 217 Å². The van der Waals surface area contributed by atoms with Crippen LogP contribution in [0.1, 0.15) is 26.5 Å². The fourth-order valence-electron chi connectivity index (χ4n) is 3.86. The summed E-state index contributed by atoms with van der Waals surface area (Å²) >= 11 is 6.30. The molecule has 1 N–H and O–H groups in total. The Morgan fingerprint density at radius 3 is 2.57 bits per heavy atom. The molecule has 0 saturated carbocycles. The summed E-state index contributed by atoms with van der Waals surface area (Å²) in [6.07, 6.45) is 1.39. The van der Waals surface area contributed by atoms with Gasteiger partial charge in [-0.2, -0.15) is 5.10 Å². The van der Waals surface area contributed by atoms with Gasteiger partial charge in [-0.1, -0.05) is 60.1 Å². The van der Waals surface area contributed by atoms with Crippen LogP contribution in [0.4, 0.5) is 0 Å². The van der Waals surface area contributed by atoms with Gasteiger partial charge in [-0.3, -0.25) is 4.79 Å². The maximum atomic E-state index is 13.1. The molecule has 2 aromatic heterocycles. The normalized spacial score (nSPS) is 11.1. The first-order chi connectivity index (χ1) is 18.0. The summed E-state index contributed by atoms with van der Waals surface area (Å²) in [6, 6.07) is 27.0. The Bertz CT molecular complexity index is 1640. The van der Waals surface area contributed by atoms with Crippen molar-refractivity contribution in [3.63, 3.8) is 0 Å². The predicted molar refractivity (Wildman–Crippen MR) is 143 cm³/mol. The largest absolute Gasteiger partial charge is 0.465 e. The number of amides is 1. The average molecular weight is 510 g/mol. The summed E-state index contributed by atoms with van der Waals surface area (Å²) in [5.41, 5.74) is 6.20. The number of pyridine rings is 1. The first-order valence-corrected chi connectivity index (χ1v) is 11.7. The number of fused-ring (bicyclic) bond motifs is 1. The van der Waals surface area contributed by atoms with Crippen molar-refractivity contribution in [1.82, 2.24) is 10.4 Å². The van der Waals surface area contributed by atoms with E-state index in [0.717, 1.165) is 10.9 Å². The van der Waals surface area contributed by atoms with Crippen LogP contribution >= 0.6 is 11.6 Å². The maximum absolute atomic E-state index is 13.1. The van der Waals surface area contributed by atoms with Crippen LogP contribution in [0.5, 0.6) is 0 Å². The molecule has 0 unspecified atom stereocenters. The second kappa shape index (κ2) is 10.5. The third-order valence-corrected chi connectivity index (χ3v) is 6.00. The SMILES string of the molecule is COC(=O)c1ccc(Cl)c(-c2ccc(/C=N/NC(=O)c3cc(-c4ccccc4)nc4ccccc34)o2)c1. The minimum absolute atomic E-state index is 0.347. The highest BCUT2D eigenvalue weighted by Gasteiger charge is 2.15. The molecule has 0 aliphatic carbocycles. The molecule has 0 bridgehead atoms. The van der Waals surface area contributed by atoms with E-state index < -0.39 is 5.97 Å². The van der Waals surface area contributed by atoms with Crippen molar-refractivity contribution in [3.05, 3.63) is 113 Å². The Morgan fingerprint density at radius 1 is 0.973 bits per heavy atom. The van der Waals surface area contributed by atoms with E-state index in [9.17, 15) is 9.59 Å². The van der Waals surface area contributed by atoms with Crippen LogP contribution in [0.3, 0.4) is 0 Å². The van der Waals surface area contributed by atoms with Gasteiger partial charge in [-0.05, 0) is 42.5 Å². The third kappa shape index (κ3) is 5.12. The number of hydrogen-bond acceptors (Lipinski definition) is 6. The van der Waals surface area contributed by atoms with Crippen LogP contribution in [-0.2, 0) is 4.74 Å². The number of methoxy groups -OCH3 is 1. The summed E-state index contributed by atoms with van der Waals surface area (Å²) in [5.74, 6) is -0.0313. The van der Waals surface area contributed by atoms with Crippen molar-refractivity contribution >= 4 is 40.6 Å². The summed E-state index contributed by atoms with van der Waals surface area (Å²) in [7, 11) is 1.31. The molecule has 37 heavy (non-hydrogen) atoms. The zero-order valence-electron chi connectivity index (χ0n) is 19.6. The lowest BCUT2D eigenvalue weighted by Crippen LogP contribution is -2.18. The zero-order chi connectivity index (χ0) is 25.8. The number of hydrogen-bond donors (Lipinski definition) is 1. The van der Waals surface area contributed by atoms with Gasteiger partial charge in [0.2, 0.25) is 0 Å². The van der Waals surface area contributed by atoms with E-state index in [1.165, 1.54) is 13.3 Å². The van der Waals surface area contributed by atoms with Crippen LogP contribution in [0.15, 0.2) is 101 Å². The number of esters is 1. The molecular formula is C29H20ClN3O4. The Morgan fingerprint density at radius 2 is 1.76 bits per heavy atom. The quantitative estimate of drug-likeness (QED) is 0.163. The molecule has 0 atom stereocenters. The molecule has 2 heterocycles. The van der Waals surface area contributed by atoms with E-state index in [1.54, 1.807) is 36.4 Å². The van der Waals surface area contributed by atoms with E-state index >= 15 is 0 Å². The van der Waals surface area contributed by atoms with Gasteiger partial charge >= 0.3 is 5.97 Å². The lowest BCUT2D eigenvalue weighted by molar-refractivity contribution is 0.0600. The van der Waals surface area contributed by atoms with E-state index in [1.807, 2.05) is 54.6 Å². The van der Waals surface area contributed by atoms with Gasteiger partial charge < -0.3 is 9.15 Å². The average Bonchev–Trinajstić information content (AvgIpc) is 3.41. The van der Waals surface area contributed by atoms with Crippen molar-refractivity contribution in [1.29, 1.82) is 0 Å². The van der Waals surface area contributed by atoms with Crippen molar-refractivity contribution in [2.45, 2.75) is 0 Å². The van der Waals surface area contributed by atoms with Gasteiger partial charge in [0.1, 0.15) is 11.5 Å². The molecule has 0 fully saturated rings. The van der Waals surface area contributed by atoms with Crippen LogP contribution in [0.25, 0.3) is 33.5 Å². The summed E-state index contributed by atoms with van der Waals surface area (Å²) < 4.78 is 10.6. The number of ether oxygens (including phenoxy) is 1. The molecule has 0 saturated heterocycles. The van der Waals surface area contributed by atoms with E-state index in [4.69, 9.17) is 25.7 Å². The van der Waals surface area contributed by atoms with Gasteiger partial charge in [0.15, 0.2) is 0 Å². The molecule has 1 amide bonds. The fourth-order valence-corrected chi connectivity index (χ4v) is 4.07. The van der Waals surface area contributed by atoms with Crippen molar-refractivity contribution < 1.29 is 18.7 Å². The smallest absolute Gasteiger partial charge is 0.337 e. The standard InChI is InChI=1S/C29H20ClN3O4/c1-36-29(35)19-11-13-24(30)23(15-19)27-14-12-20(37-27)17-31-33-28(34)22-16-26(18-7-3-2-4-8-18)32-25-10-6-5-9-21(22)25/h2-17H,1H3,(H,33,34)/b31-17+. The first kappa shape index (κ1) is 24.0. The van der Waals surface area contributed by atoms with Gasteiger partial charge in [-0.25, -0.2) is 15.2 Å². The number of rotatable bonds is 6. The highest BCUT2D eigenvalue weighted by atomic mass is 35.5. The Hall–Kier alpha value is -4.75. The lowest BCUT2D eigenvalue weighted by Gasteiger charge is -2.09. The molecule has 182 valence electrons. The third-order valence-electron chi connectivity index (χ3n) is 5.67. The molecule has 5 aromatic rings. The van der Waals surface area contributed by atoms with Crippen molar-refractivity contribution in [2.75, 3.05) is 7.11 Å². The highest BCUT2D eigenvalue weighted by Crippen LogP contribution is 2.30. The predicted octanol–water partition coefficient (Wildman–Crippen LogP) is 6.37. The number of nitrogens with zero attached hydrogens (tertiary/aromatic N) is 2. The number of benzene rings is 3. The van der Waals surface area contributed by atoms with E-state index in [-0.39, 0.29) is 5.91 Å². The number of carbonyl (C=O) groups excluding carboxylic acids is 2. The number of carbonyl (C=O) groups is 2. The second-order valence-electron chi connectivity index (χ2n) is 8.03. The summed E-state index contributed by atoms with van der Waals surface area (Å²) in [6.45, 7) is 0. The maximum Gasteiger partial charge on any atom is 0.337 e. The van der Waals surface area contributed by atoms with Crippen LogP contribution in [-0.4, -0.2) is 30.2 Å². The fraction of sp³-hybridized carbons (Fsp3) is 0.0345. The molecule has 0 aliphatic heterocycles. The minimum Gasteiger partial charge on any atom is -0.465 e. The number of halogens is 1. The highest BCUT2D eigenvalue weighted by molar-refractivity contribution is 6.33. The molecular weight excluding hydrogens is 490 g/mol. The molecule has 8 heteroatoms. The number of nitrogens with one attached hydrogen (secondary N) is 1. The lowest BCUT2D eigenvalue weighted by atomic mass is 10.0. The summed E-state index contributed by atoms with van der Waals surface area (Å²) in [5, 5.41) is 5.20. The molecule has 3 aromatic carbocycles. The first-order valence-electron chi connectivity index (χ1n) is 11.3. The van der Waals surface area contributed by atoms with Gasteiger partial charge in [0.05, 0.1) is 40.7 Å². The van der Waals surface area contributed by atoms with Crippen LogP contribution in [0.2, 0.25) is 5.02 Å². The Balaban J connectivity index is 1.38. The van der Waals surface area contributed by atoms with Gasteiger partial charge in [0.25, 0.3) is 5.91 Å². The topological polar surface area (TPSA) is 93.8 Å². The van der Waals surface area contributed by atoms with Gasteiger partial charge in [0, 0.05) is 16.5 Å². The van der Waals surface area contributed by atoms with Crippen LogP contribution < -0.4 is 5.43 Å². The number of para-hydroxylation sites is 1. The molecule has 0 aliphatic rings. The summed E-state index contributed by atoms with van der Waals surface area (Å²) in [4.78, 5) is 29.7. The number of hydrazone groups is 1. The van der Waals surface area contributed by atoms with Gasteiger partial charge in [-0.15, -0.1) is 0 Å². The van der Waals surface area contributed by atoms with Crippen LogP contribution in [0, 0.1) is 0 Å². The molecule has 0 radical (unpaired) electrons. The number of aromatic nitrogens is 1. The van der Waals surface area contributed by atoms with Crippen molar-refractivity contribution in [2.24, 2.45) is 5.10 Å².